The predicted octanol–water partition coefficient (Wildman–Crippen LogP) is 0.0258. The van der Waals surface area contributed by atoms with Crippen molar-refractivity contribution in [2.45, 2.75) is 38.5 Å². The lowest BCUT2D eigenvalue weighted by atomic mass is 9.72. The minimum atomic E-state index is 0.148. The van der Waals surface area contributed by atoms with Gasteiger partial charge in [-0.15, -0.1) is 10.2 Å². The summed E-state index contributed by atoms with van der Waals surface area (Å²) in [6, 6.07) is 0. The number of hydrogen-bond acceptors (Lipinski definition) is 5. The predicted molar refractivity (Wildman–Crippen MR) is 62.9 cm³/mol. The van der Waals surface area contributed by atoms with Crippen molar-refractivity contribution in [1.29, 1.82) is 0 Å². The Morgan fingerprint density at radius 3 is 2.38 bits per heavy atom. The summed E-state index contributed by atoms with van der Waals surface area (Å²) in [5.74, 6) is 6.76. The number of anilines is 1. The first kappa shape index (κ1) is 11.2. The third-order valence-electron chi connectivity index (χ3n) is 3.67. The van der Waals surface area contributed by atoms with E-state index in [1.807, 2.05) is 0 Å². The Kier molecular flexibility index (Phi) is 3.00. The second kappa shape index (κ2) is 4.29. The van der Waals surface area contributed by atoms with Crippen molar-refractivity contribution in [2.75, 3.05) is 18.1 Å². The molecule has 6 N–H and O–H groups in total. The Labute approximate surface area is 95.2 Å². The van der Waals surface area contributed by atoms with Gasteiger partial charge in [-0.05, 0) is 24.8 Å². The number of rotatable bonds is 3. The average Bonchev–Trinajstić information content (AvgIpc) is 2.62. The molecule has 90 valence electrons. The molecule has 1 aromatic rings. The molecule has 6 heteroatoms. The lowest BCUT2D eigenvalue weighted by Crippen LogP contribution is -2.36. The molecule has 1 aliphatic carbocycles. The number of hydrogen-bond donors (Lipinski definition) is 3. The van der Waals surface area contributed by atoms with Crippen LogP contribution in [0.1, 0.15) is 37.9 Å². The van der Waals surface area contributed by atoms with Crippen molar-refractivity contribution in [2.24, 2.45) is 11.1 Å². The van der Waals surface area contributed by atoms with E-state index in [0.29, 0.717) is 6.54 Å². The summed E-state index contributed by atoms with van der Waals surface area (Å²) >= 11 is 0. The van der Waals surface area contributed by atoms with Gasteiger partial charge in [0.05, 0.1) is 0 Å². The van der Waals surface area contributed by atoms with Gasteiger partial charge >= 0.3 is 0 Å². The summed E-state index contributed by atoms with van der Waals surface area (Å²) in [5.41, 5.74) is 11.6. The minimum absolute atomic E-state index is 0.148. The van der Waals surface area contributed by atoms with Gasteiger partial charge in [-0.25, -0.2) is 4.68 Å². The van der Waals surface area contributed by atoms with Crippen LogP contribution in [-0.4, -0.2) is 21.4 Å². The first-order valence-corrected chi connectivity index (χ1v) is 5.82. The Balaban J connectivity index is 2.14. The Morgan fingerprint density at radius 1 is 1.19 bits per heavy atom. The molecule has 0 bridgehead atoms. The quantitative estimate of drug-likeness (QED) is 0.627. The zero-order valence-electron chi connectivity index (χ0n) is 9.52. The van der Waals surface area contributed by atoms with E-state index in [0.717, 1.165) is 25.1 Å². The van der Waals surface area contributed by atoms with Crippen LogP contribution in [0.15, 0.2) is 0 Å². The molecule has 0 amide bonds. The van der Waals surface area contributed by atoms with Crippen LogP contribution in [0.4, 0.5) is 5.95 Å². The maximum atomic E-state index is 5.91. The van der Waals surface area contributed by atoms with Crippen LogP contribution in [-0.2, 0) is 6.42 Å². The summed E-state index contributed by atoms with van der Waals surface area (Å²) in [5, 5.41) is 7.78. The third-order valence-corrected chi connectivity index (χ3v) is 3.67. The lowest BCUT2D eigenvalue weighted by molar-refractivity contribution is 0.192. The topological polar surface area (TPSA) is 109 Å². The number of nitrogen functional groups attached to an aromatic ring is 2. The van der Waals surface area contributed by atoms with E-state index in [2.05, 4.69) is 10.2 Å². The van der Waals surface area contributed by atoms with Gasteiger partial charge in [0, 0.05) is 6.42 Å². The summed E-state index contributed by atoms with van der Waals surface area (Å²) in [6.45, 7) is 0.680. The molecule has 0 atom stereocenters. The van der Waals surface area contributed by atoms with Gasteiger partial charge in [-0.2, -0.15) is 0 Å². The number of aromatic nitrogens is 3. The number of nitrogens with two attached hydrogens (primary N) is 3. The molecule has 0 saturated heterocycles. The lowest BCUT2D eigenvalue weighted by Gasteiger charge is -2.35. The molecule has 0 spiro atoms. The zero-order chi connectivity index (χ0) is 11.6. The molecule has 0 aliphatic heterocycles. The first-order valence-electron chi connectivity index (χ1n) is 5.82. The van der Waals surface area contributed by atoms with Crippen LogP contribution in [0.5, 0.6) is 0 Å². The first-order chi connectivity index (χ1) is 7.67. The van der Waals surface area contributed by atoms with E-state index in [1.54, 1.807) is 0 Å². The molecule has 1 aromatic heterocycles. The largest absolute Gasteiger partial charge is 0.366 e. The van der Waals surface area contributed by atoms with Crippen LogP contribution in [0.2, 0.25) is 0 Å². The highest BCUT2D eigenvalue weighted by molar-refractivity contribution is 5.18. The van der Waals surface area contributed by atoms with E-state index in [-0.39, 0.29) is 11.4 Å². The fourth-order valence-corrected chi connectivity index (χ4v) is 2.55. The van der Waals surface area contributed by atoms with Gasteiger partial charge < -0.3 is 17.3 Å². The maximum Gasteiger partial charge on any atom is 0.240 e. The van der Waals surface area contributed by atoms with Crippen LogP contribution in [0.3, 0.4) is 0 Å². The second-order valence-corrected chi connectivity index (χ2v) is 4.79. The molecule has 1 saturated carbocycles. The fourth-order valence-electron chi connectivity index (χ4n) is 2.55. The molecule has 1 heterocycles. The third kappa shape index (κ3) is 1.97. The van der Waals surface area contributed by atoms with E-state index in [9.17, 15) is 0 Å². The van der Waals surface area contributed by atoms with Crippen molar-refractivity contribution in [3.63, 3.8) is 0 Å². The molecule has 6 nitrogen and oxygen atoms in total. The van der Waals surface area contributed by atoms with Crippen molar-refractivity contribution in [1.82, 2.24) is 14.9 Å². The maximum absolute atomic E-state index is 5.91. The zero-order valence-corrected chi connectivity index (χ0v) is 9.52. The molecular formula is C10H20N6. The average molecular weight is 224 g/mol. The van der Waals surface area contributed by atoms with Gasteiger partial charge in [0.2, 0.25) is 5.95 Å². The summed E-state index contributed by atoms with van der Waals surface area (Å²) < 4.78 is 1.37. The van der Waals surface area contributed by atoms with E-state index in [4.69, 9.17) is 17.3 Å². The molecule has 16 heavy (non-hydrogen) atoms. The molecule has 0 radical (unpaired) electrons. The van der Waals surface area contributed by atoms with E-state index >= 15 is 0 Å². The van der Waals surface area contributed by atoms with Crippen molar-refractivity contribution in [3.05, 3.63) is 5.82 Å². The van der Waals surface area contributed by atoms with E-state index < -0.39 is 0 Å². The summed E-state index contributed by atoms with van der Waals surface area (Å²) in [6.07, 6.45) is 6.87. The molecule has 1 fully saturated rings. The summed E-state index contributed by atoms with van der Waals surface area (Å²) in [4.78, 5) is 0. The SMILES string of the molecule is NCC1(Cc2nnc(N)n2N)CCCCC1. The molecule has 2 rings (SSSR count). The highest BCUT2D eigenvalue weighted by Crippen LogP contribution is 2.37. The van der Waals surface area contributed by atoms with Crippen molar-refractivity contribution >= 4 is 5.95 Å². The summed E-state index contributed by atoms with van der Waals surface area (Å²) in [7, 11) is 0. The molecule has 0 unspecified atom stereocenters. The standard InChI is InChI=1S/C10H20N6/c11-7-10(4-2-1-3-5-10)6-8-14-15-9(12)16(8)13/h1-7,11,13H2,(H2,12,15). The van der Waals surface area contributed by atoms with Gasteiger partial charge in [0.25, 0.3) is 0 Å². The highest BCUT2D eigenvalue weighted by atomic mass is 15.4. The van der Waals surface area contributed by atoms with Gasteiger partial charge in [0.1, 0.15) is 0 Å². The minimum Gasteiger partial charge on any atom is -0.366 e. The fraction of sp³-hybridized carbons (Fsp3) is 0.800. The number of nitrogens with zero attached hydrogens (tertiary/aromatic N) is 3. The van der Waals surface area contributed by atoms with Crippen LogP contribution in [0.25, 0.3) is 0 Å². The Bertz CT molecular complexity index is 352. The van der Waals surface area contributed by atoms with Crippen molar-refractivity contribution in [3.8, 4) is 0 Å². The van der Waals surface area contributed by atoms with Gasteiger partial charge in [0.15, 0.2) is 5.82 Å². The Hall–Kier alpha value is -1.30. The molecular weight excluding hydrogens is 204 g/mol. The molecule has 0 aromatic carbocycles. The highest BCUT2D eigenvalue weighted by Gasteiger charge is 2.32. The Morgan fingerprint density at radius 2 is 1.88 bits per heavy atom. The normalized spacial score (nSPS) is 19.8. The molecule has 1 aliphatic rings. The van der Waals surface area contributed by atoms with Crippen LogP contribution < -0.4 is 17.3 Å². The van der Waals surface area contributed by atoms with Crippen LogP contribution in [0, 0.1) is 5.41 Å². The van der Waals surface area contributed by atoms with Gasteiger partial charge in [-0.1, -0.05) is 19.3 Å². The second-order valence-electron chi connectivity index (χ2n) is 4.79. The van der Waals surface area contributed by atoms with Gasteiger partial charge in [-0.3, -0.25) is 0 Å². The van der Waals surface area contributed by atoms with Crippen molar-refractivity contribution < 1.29 is 0 Å². The van der Waals surface area contributed by atoms with Crippen LogP contribution >= 0.6 is 0 Å². The monoisotopic (exact) mass is 224 g/mol. The smallest absolute Gasteiger partial charge is 0.240 e. The van der Waals surface area contributed by atoms with E-state index in [1.165, 1.54) is 23.9 Å².